The predicted octanol–water partition coefficient (Wildman–Crippen LogP) is 5.72. The number of nitrogens with zero attached hydrogens (tertiary/aromatic N) is 1. The lowest BCUT2D eigenvalue weighted by Crippen LogP contribution is -2.52. The molecule has 0 aliphatic carbocycles. The summed E-state index contributed by atoms with van der Waals surface area (Å²) >= 11 is 0. The van der Waals surface area contributed by atoms with E-state index in [1.54, 1.807) is 6.26 Å². The Bertz CT molecular complexity index is 1060. The molecular formula is C29H27NO2. The molecule has 0 radical (unpaired) electrons. The van der Waals surface area contributed by atoms with Crippen molar-refractivity contribution in [1.29, 1.82) is 0 Å². The molecule has 5 rings (SSSR count). The lowest BCUT2D eigenvalue weighted by molar-refractivity contribution is 0.0871. The molecular weight excluding hydrogens is 394 g/mol. The third kappa shape index (κ3) is 3.70. The highest BCUT2D eigenvalue weighted by atomic mass is 16.3. The van der Waals surface area contributed by atoms with Gasteiger partial charge in [0.1, 0.15) is 5.76 Å². The van der Waals surface area contributed by atoms with Crippen LogP contribution in [0.4, 0.5) is 0 Å². The summed E-state index contributed by atoms with van der Waals surface area (Å²) in [6.07, 6.45) is 3.85. The smallest absolute Gasteiger partial charge is 0.126 e. The fourth-order valence-corrected chi connectivity index (χ4v) is 4.94. The molecule has 1 atom stereocenters. The van der Waals surface area contributed by atoms with E-state index >= 15 is 0 Å². The number of likely N-dealkylation sites (tertiary alicyclic amines) is 1. The van der Waals surface area contributed by atoms with Gasteiger partial charge in [0, 0.05) is 13.1 Å². The van der Waals surface area contributed by atoms with E-state index in [2.05, 4.69) is 95.9 Å². The largest absolute Gasteiger partial charge is 0.465 e. The average Bonchev–Trinajstić information content (AvgIpc) is 3.37. The Labute approximate surface area is 189 Å². The predicted molar refractivity (Wildman–Crippen MR) is 128 cm³/mol. The summed E-state index contributed by atoms with van der Waals surface area (Å²) in [6.45, 7) is 1.41. The van der Waals surface area contributed by atoms with Crippen molar-refractivity contribution in [2.45, 2.75) is 18.1 Å². The van der Waals surface area contributed by atoms with Crippen LogP contribution in [0.5, 0.6) is 0 Å². The van der Waals surface area contributed by atoms with Gasteiger partial charge < -0.3 is 9.52 Å². The maximum Gasteiger partial charge on any atom is 0.126 e. The van der Waals surface area contributed by atoms with E-state index < -0.39 is 11.6 Å². The fraction of sp³-hybridized carbons (Fsp3) is 0.172. The second-order valence-corrected chi connectivity index (χ2v) is 8.27. The Morgan fingerprint density at radius 3 is 1.75 bits per heavy atom. The lowest BCUT2D eigenvalue weighted by Gasteiger charge is -2.48. The van der Waals surface area contributed by atoms with Gasteiger partial charge in [0.2, 0.25) is 0 Å². The summed E-state index contributed by atoms with van der Waals surface area (Å²) in [4.78, 5) is 2.49. The summed E-state index contributed by atoms with van der Waals surface area (Å²) in [6, 6.07) is 35.9. The maximum atomic E-state index is 10.8. The molecule has 3 heteroatoms. The molecule has 2 heterocycles. The van der Waals surface area contributed by atoms with Crippen molar-refractivity contribution in [3.63, 3.8) is 0 Å². The van der Waals surface area contributed by atoms with Crippen LogP contribution in [0.25, 0.3) is 6.08 Å². The first-order chi connectivity index (χ1) is 15.8. The molecule has 160 valence electrons. The molecule has 1 aliphatic heterocycles. The van der Waals surface area contributed by atoms with E-state index in [4.69, 9.17) is 4.42 Å². The first-order valence-corrected chi connectivity index (χ1v) is 11.1. The van der Waals surface area contributed by atoms with Crippen LogP contribution in [0.1, 0.15) is 28.9 Å². The summed E-state index contributed by atoms with van der Waals surface area (Å²) in [5.41, 5.74) is 4.13. The minimum absolute atomic E-state index is 0.476. The summed E-state index contributed by atoms with van der Waals surface area (Å²) < 4.78 is 5.55. The van der Waals surface area contributed by atoms with E-state index in [1.807, 2.05) is 18.2 Å². The normalized spacial score (nSPS) is 18.7. The van der Waals surface area contributed by atoms with Gasteiger partial charge in [-0.1, -0.05) is 91.0 Å². The van der Waals surface area contributed by atoms with Crippen LogP contribution < -0.4 is 0 Å². The molecule has 1 unspecified atom stereocenters. The molecule has 4 aromatic rings. The Kier molecular flexibility index (Phi) is 5.76. The zero-order chi connectivity index (χ0) is 21.8. The molecule has 32 heavy (non-hydrogen) atoms. The van der Waals surface area contributed by atoms with Gasteiger partial charge in [-0.3, -0.25) is 4.90 Å². The van der Waals surface area contributed by atoms with E-state index in [9.17, 15) is 5.11 Å². The Morgan fingerprint density at radius 2 is 1.28 bits per heavy atom. The molecule has 3 nitrogen and oxygen atoms in total. The van der Waals surface area contributed by atoms with Crippen LogP contribution in [-0.4, -0.2) is 29.2 Å². The van der Waals surface area contributed by atoms with Crippen molar-refractivity contribution < 1.29 is 9.52 Å². The Hall–Kier alpha value is -3.40. The molecule has 1 aromatic heterocycles. The van der Waals surface area contributed by atoms with Crippen molar-refractivity contribution in [2.75, 3.05) is 13.1 Å². The molecule has 0 spiro atoms. The van der Waals surface area contributed by atoms with Crippen molar-refractivity contribution in [3.05, 3.63) is 137 Å². The number of furan rings is 1. The zero-order valence-electron chi connectivity index (χ0n) is 18.0. The van der Waals surface area contributed by atoms with E-state index in [0.717, 1.165) is 17.9 Å². The van der Waals surface area contributed by atoms with E-state index in [1.165, 1.54) is 16.7 Å². The second kappa shape index (κ2) is 8.99. The van der Waals surface area contributed by atoms with Crippen molar-refractivity contribution >= 4 is 6.08 Å². The summed E-state index contributed by atoms with van der Waals surface area (Å²) in [5.74, 6) is 0.769. The lowest BCUT2D eigenvalue weighted by atomic mass is 9.74. The van der Waals surface area contributed by atoms with Gasteiger partial charge in [-0.25, -0.2) is 0 Å². The SMILES string of the molecule is OC1CCN(C(c2ccccc2)(c2ccccc2)c2ccccc2)C/C1=C/c1ccco1. The molecule has 1 fully saturated rings. The van der Waals surface area contributed by atoms with Crippen LogP contribution in [0.2, 0.25) is 0 Å². The number of benzene rings is 3. The molecule has 0 amide bonds. The van der Waals surface area contributed by atoms with Crippen molar-refractivity contribution in [1.82, 2.24) is 4.90 Å². The standard InChI is InChI=1S/C29H27NO2/c31-28-18-19-30(22-23(28)21-27-17-10-20-32-27)29(24-11-4-1-5-12-24,25-13-6-2-7-14-25)26-15-8-3-9-16-26/h1-17,20-21,28,31H,18-19,22H2/b23-21-. The quantitative estimate of drug-likeness (QED) is 0.419. The van der Waals surface area contributed by atoms with Gasteiger partial charge in [0.15, 0.2) is 0 Å². The molecule has 3 aromatic carbocycles. The van der Waals surface area contributed by atoms with Gasteiger partial charge in [-0.15, -0.1) is 0 Å². The minimum Gasteiger partial charge on any atom is -0.465 e. The first kappa shape index (κ1) is 20.5. The van der Waals surface area contributed by atoms with Gasteiger partial charge in [-0.05, 0) is 46.9 Å². The van der Waals surface area contributed by atoms with Crippen LogP contribution in [-0.2, 0) is 5.54 Å². The minimum atomic E-state index is -0.480. The molecule has 1 aliphatic rings. The van der Waals surface area contributed by atoms with Crippen LogP contribution in [0.3, 0.4) is 0 Å². The number of aliphatic hydroxyl groups is 1. The molecule has 1 N–H and O–H groups in total. The van der Waals surface area contributed by atoms with Crippen molar-refractivity contribution in [3.8, 4) is 0 Å². The monoisotopic (exact) mass is 421 g/mol. The van der Waals surface area contributed by atoms with Gasteiger partial charge in [0.05, 0.1) is 17.9 Å². The van der Waals surface area contributed by atoms with Crippen LogP contribution >= 0.6 is 0 Å². The number of piperidine rings is 1. The highest BCUT2D eigenvalue weighted by Gasteiger charge is 2.44. The Morgan fingerprint density at radius 1 is 0.750 bits per heavy atom. The van der Waals surface area contributed by atoms with E-state index in [0.29, 0.717) is 13.0 Å². The van der Waals surface area contributed by atoms with Crippen LogP contribution in [0, 0.1) is 0 Å². The third-order valence-electron chi connectivity index (χ3n) is 6.39. The second-order valence-electron chi connectivity index (χ2n) is 8.27. The summed E-state index contributed by atoms with van der Waals surface area (Å²) in [7, 11) is 0. The van der Waals surface area contributed by atoms with Gasteiger partial charge >= 0.3 is 0 Å². The number of aliphatic hydroxyl groups excluding tert-OH is 1. The van der Waals surface area contributed by atoms with Crippen LogP contribution in [0.15, 0.2) is 119 Å². The summed E-state index contributed by atoms with van der Waals surface area (Å²) in [5, 5.41) is 10.8. The maximum absolute atomic E-state index is 10.8. The zero-order valence-corrected chi connectivity index (χ0v) is 18.0. The number of rotatable bonds is 5. The highest BCUT2D eigenvalue weighted by molar-refractivity contribution is 5.53. The first-order valence-electron chi connectivity index (χ1n) is 11.1. The van der Waals surface area contributed by atoms with E-state index in [-0.39, 0.29) is 0 Å². The van der Waals surface area contributed by atoms with Gasteiger partial charge in [0.25, 0.3) is 0 Å². The fourth-order valence-electron chi connectivity index (χ4n) is 4.94. The number of hydrogen-bond donors (Lipinski definition) is 1. The molecule has 1 saturated heterocycles. The Balaban J connectivity index is 1.71. The van der Waals surface area contributed by atoms with Crippen molar-refractivity contribution in [2.24, 2.45) is 0 Å². The third-order valence-corrected chi connectivity index (χ3v) is 6.39. The molecule has 0 bridgehead atoms. The van der Waals surface area contributed by atoms with Gasteiger partial charge in [-0.2, -0.15) is 0 Å². The number of hydrogen-bond acceptors (Lipinski definition) is 3. The average molecular weight is 422 g/mol. The highest BCUT2D eigenvalue weighted by Crippen LogP contribution is 2.44. The topological polar surface area (TPSA) is 36.6 Å². The molecule has 0 saturated carbocycles.